The maximum absolute atomic E-state index is 6.20. The highest BCUT2D eigenvalue weighted by Crippen LogP contribution is 2.34. The van der Waals surface area contributed by atoms with Crippen LogP contribution in [0.4, 0.5) is 0 Å². The molecule has 0 aliphatic rings. The van der Waals surface area contributed by atoms with Crippen molar-refractivity contribution in [1.82, 2.24) is 10.3 Å². The van der Waals surface area contributed by atoms with Crippen LogP contribution < -0.4 is 5.32 Å². The van der Waals surface area contributed by atoms with E-state index in [1.807, 2.05) is 18.3 Å². The number of halogens is 2. The van der Waals surface area contributed by atoms with Gasteiger partial charge in [0.25, 0.3) is 0 Å². The Bertz CT molecular complexity index is 554. The normalized spacial score (nSPS) is 12.6. The molecular weight excluding hydrogens is 299 g/mol. The molecule has 2 aromatic rings. The second-order valence-electron chi connectivity index (χ2n) is 4.37. The minimum atomic E-state index is 0.317. The average molecular weight is 315 g/mol. The Labute approximate surface area is 127 Å². The quantitative estimate of drug-likeness (QED) is 0.822. The zero-order valence-corrected chi connectivity index (χ0v) is 13.2. The van der Waals surface area contributed by atoms with Crippen molar-refractivity contribution in [3.63, 3.8) is 0 Å². The molecular formula is C14H16Cl2N2S. The lowest BCUT2D eigenvalue weighted by Gasteiger charge is -2.09. The van der Waals surface area contributed by atoms with Crippen molar-refractivity contribution in [2.45, 2.75) is 26.3 Å². The zero-order valence-electron chi connectivity index (χ0n) is 10.9. The van der Waals surface area contributed by atoms with E-state index in [-0.39, 0.29) is 0 Å². The minimum absolute atomic E-state index is 0.317. The Balaban J connectivity index is 2.20. The van der Waals surface area contributed by atoms with Gasteiger partial charge in [0.05, 0.1) is 5.02 Å². The molecule has 19 heavy (non-hydrogen) atoms. The van der Waals surface area contributed by atoms with Crippen LogP contribution in [0.5, 0.6) is 0 Å². The first-order chi connectivity index (χ1) is 9.11. The van der Waals surface area contributed by atoms with Crippen LogP contribution >= 0.6 is 34.5 Å². The first-order valence-electron chi connectivity index (χ1n) is 6.26. The van der Waals surface area contributed by atoms with Gasteiger partial charge in [-0.3, -0.25) is 0 Å². The highest BCUT2D eigenvalue weighted by Gasteiger charge is 2.12. The molecule has 1 atom stereocenters. The zero-order chi connectivity index (χ0) is 13.8. The lowest BCUT2D eigenvalue weighted by atomic mass is 10.2. The summed E-state index contributed by atoms with van der Waals surface area (Å²) in [5.41, 5.74) is 0.935. The number of aromatic nitrogens is 1. The van der Waals surface area contributed by atoms with Gasteiger partial charge in [-0.25, -0.2) is 4.98 Å². The van der Waals surface area contributed by atoms with Gasteiger partial charge in [-0.1, -0.05) is 30.1 Å². The maximum Gasteiger partial charge on any atom is 0.125 e. The number of hydrogen-bond acceptors (Lipinski definition) is 3. The standard InChI is InChI=1S/C14H16Cl2N2S/c1-3-6-17-9(2)13-8-18-14(19-13)11-5-4-10(15)7-12(11)16/h4-5,7-9,17H,3,6H2,1-2H3. The SMILES string of the molecule is CCCNC(C)c1cnc(-c2ccc(Cl)cc2Cl)s1. The molecule has 5 heteroatoms. The van der Waals surface area contributed by atoms with Crippen LogP contribution in [0, 0.1) is 0 Å². The molecule has 0 saturated heterocycles. The van der Waals surface area contributed by atoms with Gasteiger partial charge in [0.2, 0.25) is 0 Å². The second-order valence-corrected chi connectivity index (χ2v) is 6.27. The van der Waals surface area contributed by atoms with Gasteiger partial charge < -0.3 is 5.32 Å². The number of hydrogen-bond donors (Lipinski definition) is 1. The lowest BCUT2D eigenvalue weighted by molar-refractivity contribution is 0.577. The summed E-state index contributed by atoms with van der Waals surface area (Å²) in [6.07, 6.45) is 3.04. The van der Waals surface area contributed by atoms with Gasteiger partial charge in [0.15, 0.2) is 0 Å². The van der Waals surface area contributed by atoms with E-state index in [1.54, 1.807) is 17.4 Å². The maximum atomic E-state index is 6.20. The summed E-state index contributed by atoms with van der Waals surface area (Å²) in [6, 6.07) is 5.82. The molecule has 0 fully saturated rings. The third kappa shape index (κ3) is 3.69. The fourth-order valence-corrected chi connectivity index (χ4v) is 3.27. The molecule has 0 amide bonds. The topological polar surface area (TPSA) is 24.9 Å². The largest absolute Gasteiger partial charge is 0.309 e. The Morgan fingerprint density at radius 1 is 1.37 bits per heavy atom. The van der Waals surface area contributed by atoms with Crippen LogP contribution in [-0.4, -0.2) is 11.5 Å². The van der Waals surface area contributed by atoms with Crippen LogP contribution in [0.15, 0.2) is 24.4 Å². The molecule has 0 spiro atoms. The smallest absolute Gasteiger partial charge is 0.125 e. The molecule has 0 aliphatic carbocycles. The van der Waals surface area contributed by atoms with Crippen molar-refractivity contribution in [2.24, 2.45) is 0 Å². The number of nitrogens with one attached hydrogen (secondary N) is 1. The van der Waals surface area contributed by atoms with Crippen LogP contribution in [0.1, 0.15) is 31.2 Å². The molecule has 2 nitrogen and oxygen atoms in total. The Kier molecular flexibility index (Phi) is 5.22. The summed E-state index contributed by atoms with van der Waals surface area (Å²) in [4.78, 5) is 5.67. The Morgan fingerprint density at radius 3 is 2.84 bits per heavy atom. The average Bonchev–Trinajstić information content (AvgIpc) is 2.85. The third-order valence-electron chi connectivity index (χ3n) is 2.81. The summed E-state index contributed by atoms with van der Waals surface area (Å²) in [5.74, 6) is 0. The van der Waals surface area contributed by atoms with Gasteiger partial charge >= 0.3 is 0 Å². The van der Waals surface area contributed by atoms with Gasteiger partial charge in [-0.05, 0) is 38.1 Å². The van der Waals surface area contributed by atoms with Crippen molar-refractivity contribution in [3.05, 3.63) is 39.3 Å². The van der Waals surface area contributed by atoms with Crippen molar-refractivity contribution in [1.29, 1.82) is 0 Å². The van der Waals surface area contributed by atoms with E-state index in [9.17, 15) is 0 Å². The van der Waals surface area contributed by atoms with E-state index in [0.29, 0.717) is 16.1 Å². The number of thiazole rings is 1. The van der Waals surface area contributed by atoms with Crippen molar-refractivity contribution in [3.8, 4) is 10.6 Å². The fraction of sp³-hybridized carbons (Fsp3) is 0.357. The third-order valence-corrected chi connectivity index (χ3v) is 4.57. The highest BCUT2D eigenvalue weighted by atomic mass is 35.5. The summed E-state index contributed by atoms with van der Waals surface area (Å²) in [7, 11) is 0. The van der Waals surface area contributed by atoms with E-state index < -0.39 is 0 Å². The molecule has 1 aromatic carbocycles. The summed E-state index contributed by atoms with van der Waals surface area (Å²) in [6.45, 7) is 5.32. The number of nitrogens with zero attached hydrogens (tertiary/aromatic N) is 1. The first-order valence-corrected chi connectivity index (χ1v) is 7.83. The van der Waals surface area contributed by atoms with Crippen molar-refractivity contribution >= 4 is 34.5 Å². The van der Waals surface area contributed by atoms with Crippen LogP contribution in [0.2, 0.25) is 10.0 Å². The van der Waals surface area contributed by atoms with Gasteiger partial charge in [0, 0.05) is 27.7 Å². The van der Waals surface area contributed by atoms with E-state index in [2.05, 4.69) is 24.1 Å². The molecule has 0 saturated carbocycles. The van der Waals surface area contributed by atoms with E-state index in [0.717, 1.165) is 23.5 Å². The Morgan fingerprint density at radius 2 is 2.16 bits per heavy atom. The van der Waals surface area contributed by atoms with E-state index in [1.165, 1.54) is 4.88 Å². The fourth-order valence-electron chi connectivity index (χ4n) is 1.74. The predicted molar refractivity (Wildman–Crippen MR) is 84.3 cm³/mol. The van der Waals surface area contributed by atoms with Crippen molar-refractivity contribution in [2.75, 3.05) is 6.54 Å². The van der Waals surface area contributed by atoms with Crippen molar-refractivity contribution < 1.29 is 0 Å². The molecule has 2 rings (SSSR count). The summed E-state index contributed by atoms with van der Waals surface area (Å²) in [5, 5.41) is 5.67. The van der Waals surface area contributed by atoms with Gasteiger partial charge in [-0.2, -0.15) is 0 Å². The highest BCUT2D eigenvalue weighted by molar-refractivity contribution is 7.15. The molecule has 0 aliphatic heterocycles. The van der Waals surface area contributed by atoms with Crippen LogP contribution in [-0.2, 0) is 0 Å². The molecule has 1 unspecified atom stereocenters. The van der Waals surface area contributed by atoms with Gasteiger partial charge in [0.1, 0.15) is 5.01 Å². The first kappa shape index (κ1) is 14.8. The van der Waals surface area contributed by atoms with Gasteiger partial charge in [-0.15, -0.1) is 11.3 Å². The molecule has 0 bridgehead atoms. The lowest BCUT2D eigenvalue weighted by Crippen LogP contribution is -2.18. The van der Waals surface area contributed by atoms with Crippen LogP contribution in [0.25, 0.3) is 10.6 Å². The van der Waals surface area contributed by atoms with E-state index >= 15 is 0 Å². The predicted octanol–water partition coefficient (Wildman–Crippen LogP) is 5.18. The molecule has 1 heterocycles. The summed E-state index contributed by atoms with van der Waals surface area (Å²) >= 11 is 13.8. The van der Waals surface area contributed by atoms with Crippen LogP contribution in [0.3, 0.4) is 0 Å². The number of rotatable bonds is 5. The monoisotopic (exact) mass is 314 g/mol. The summed E-state index contributed by atoms with van der Waals surface area (Å²) < 4.78 is 0. The number of benzene rings is 1. The minimum Gasteiger partial charge on any atom is -0.309 e. The second kappa shape index (κ2) is 6.71. The molecule has 0 radical (unpaired) electrons. The molecule has 1 aromatic heterocycles. The molecule has 102 valence electrons. The van der Waals surface area contributed by atoms with E-state index in [4.69, 9.17) is 23.2 Å². The Hall–Kier alpha value is -0.610. The molecule has 1 N–H and O–H groups in total.